The van der Waals surface area contributed by atoms with Gasteiger partial charge in [-0.05, 0) is 54.7 Å². The van der Waals surface area contributed by atoms with Crippen molar-refractivity contribution < 1.29 is 39.6 Å². The quantitative estimate of drug-likeness (QED) is 0.126. The molecule has 1 saturated carbocycles. The molecule has 2 N–H and O–H groups in total. The Morgan fingerprint density at radius 3 is 2.37 bits per heavy atom. The van der Waals surface area contributed by atoms with Gasteiger partial charge >= 0.3 is 0 Å². The minimum Gasteiger partial charge on any atom is -0.346 e. The number of nitrogens with zero attached hydrogens (tertiary/aromatic N) is 5. The number of carbonyl (C=O) groups excluding carboxylic acids is 1. The summed E-state index contributed by atoms with van der Waals surface area (Å²) in [4.78, 5) is 18.7. The molecule has 0 saturated heterocycles. The zero-order chi connectivity index (χ0) is 40.7. The monoisotopic (exact) mass is 847 g/mol. The van der Waals surface area contributed by atoms with Crippen molar-refractivity contribution >= 4 is 55.9 Å². The molecule has 3 atom stereocenters. The Labute approximate surface area is 330 Å². The maximum absolute atomic E-state index is 15.4. The topological polar surface area (TPSA) is 124 Å². The highest BCUT2D eigenvalue weighted by molar-refractivity contribution is 7.92. The van der Waals surface area contributed by atoms with Crippen molar-refractivity contribution in [3.05, 3.63) is 117 Å². The van der Waals surface area contributed by atoms with Crippen molar-refractivity contribution in [2.24, 2.45) is 13.0 Å². The average Bonchev–Trinajstić information content (AvgIpc) is 3.66. The standard InChI is InChI=1S/C38H29Cl2F6N7O3S/c1-52-34-22(7-8-27(40)31(34)37(50-52)51-57(2,55)56)23-12-18(21-5-3-4-6-26(21)39)15-47-32(23)28(11-17-9-19(41)13-20(42)10-17)48-29(54)16-53-35-30(33(49-53)36(43)44)24-14-25(24)38(35,45)46/h3-10,12-13,15,24-25,28,36H,11,14,16H2,1-2H3,(H,48,54)(H,50,51)/t24-,25?,28-/m0/s1. The Hall–Kier alpha value is -5.13. The molecule has 0 bridgehead atoms. The SMILES string of the molecule is Cn1nc(NS(C)(=O)=O)c2c(Cl)ccc(-c3cc(-c4ccccc4Cl)cnc3[C@H](Cc3cc(F)cc(F)c3)NC(=O)Cn3nc(C(F)F)c4c3C(F)(F)C3C[C@H]43)c21. The molecule has 296 valence electrons. The molecular weight excluding hydrogens is 819 g/mol. The van der Waals surface area contributed by atoms with Gasteiger partial charge in [0.25, 0.3) is 12.3 Å². The number of sulfonamides is 1. The van der Waals surface area contributed by atoms with E-state index in [1.54, 1.807) is 43.4 Å². The average molecular weight is 849 g/mol. The van der Waals surface area contributed by atoms with Gasteiger partial charge in [-0.1, -0.05) is 47.5 Å². The number of halogens is 8. The van der Waals surface area contributed by atoms with E-state index < -0.39 is 75.7 Å². The van der Waals surface area contributed by atoms with Crippen molar-refractivity contribution in [3.63, 3.8) is 0 Å². The van der Waals surface area contributed by atoms with E-state index in [4.69, 9.17) is 28.2 Å². The zero-order valence-corrected chi connectivity index (χ0v) is 32.0. The second-order valence-electron chi connectivity index (χ2n) is 14.1. The van der Waals surface area contributed by atoms with Crippen molar-refractivity contribution in [1.29, 1.82) is 0 Å². The van der Waals surface area contributed by atoms with Crippen LogP contribution in [0, 0.1) is 17.6 Å². The van der Waals surface area contributed by atoms with Gasteiger partial charge in [-0.2, -0.15) is 19.0 Å². The summed E-state index contributed by atoms with van der Waals surface area (Å²) >= 11 is 13.2. The number of hydrogen-bond donors (Lipinski definition) is 2. The van der Waals surface area contributed by atoms with E-state index in [2.05, 4.69) is 20.2 Å². The number of benzene rings is 3. The second kappa shape index (κ2) is 14.1. The Morgan fingerprint density at radius 2 is 1.68 bits per heavy atom. The number of pyridine rings is 1. The van der Waals surface area contributed by atoms with Gasteiger partial charge < -0.3 is 5.32 Å². The van der Waals surface area contributed by atoms with E-state index in [-0.39, 0.29) is 45.9 Å². The summed E-state index contributed by atoms with van der Waals surface area (Å²) < 4.78 is 117. The van der Waals surface area contributed by atoms with Gasteiger partial charge in [0.2, 0.25) is 15.9 Å². The van der Waals surface area contributed by atoms with Crippen LogP contribution in [0.3, 0.4) is 0 Å². The Morgan fingerprint density at radius 1 is 0.965 bits per heavy atom. The molecule has 2 aliphatic carbocycles. The molecule has 1 fully saturated rings. The largest absolute Gasteiger partial charge is 0.346 e. The van der Waals surface area contributed by atoms with Crippen molar-refractivity contribution in [1.82, 2.24) is 29.9 Å². The normalized spacial score (nSPS) is 17.5. The summed E-state index contributed by atoms with van der Waals surface area (Å²) in [5.41, 5.74) is 0.449. The predicted molar refractivity (Wildman–Crippen MR) is 201 cm³/mol. The van der Waals surface area contributed by atoms with E-state index in [1.165, 1.54) is 16.9 Å². The van der Waals surface area contributed by atoms with Crippen LogP contribution in [0.4, 0.5) is 32.2 Å². The molecule has 10 nitrogen and oxygen atoms in total. The summed E-state index contributed by atoms with van der Waals surface area (Å²) in [6.07, 6.45) is -1.02. The van der Waals surface area contributed by atoms with Crippen LogP contribution >= 0.6 is 23.2 Å². The van der Waals surface area contributed by atoms with Gasteiger partial charge in [0.1, 0.15) is 29.6 Å². The highest BCUT2D eigenvalue weighted by Gasteiger charge is 2.67. The third kappa shape index (κ3) is 7.09. The number of amides is 1. The first-order valence-corrected chi connectivity index (χ1v) is 20.0. The molecule has 8 rings (SSSR count). The molecule has 0 aliphatic heterocycles. The van der Waals surface area contributed by atoms with Crippen LogP contribution in [0.2, 0.25) is 10.0 Å². The lowest BCUT2D eigenvalue weighted by Gasteiger charge is -2.23. The number of carbonyl (C=O) groups is 1. The van der Waals surface area contributed by atoms with Crippen molar-refractivity contribution in [2.45, 2.75) is 43.7 Å². The van der Waals surface area contributed by atoms with Gasteiger partial charge in [0.05, 0.1) is 33.9 Å². The number of rotatable bonds is 11. The fourth-order valence-corrected chi connectivity index (χ4v) is 8.77. The lowest BCUT2D eigenvalue weighted by molar-refractivity contribution is -0.123. The highest BCUT2D eigenvalue weighted by Crippen LogP contribution is 2.68. The van der Waals surface area contributed by atoms with E-state index in [1.807, 2.05) is 0 Å². The predicted octanol–water partition coefficient (Wildman–Crippen LogP) is 8.70. The number of aryl methyl sites for hydroxylation is 1. The summed E-state index contributed by atoms with van der Waals surface area (Å²) in [7, 11) is -2.28. The molecule has 2 aliphatic rings. The minimum absolute atomic E-state index is 0.0307. The Kier molecular flexibility index (Phi) is 9.55. The van der Waals surface area contributed by atoms with E-state index in [0.717, 1.165) is 18.4 Å². The second-order valence-corrected chi connectivity index (χ2v) is 16.6. The van der Waals surface area contributed by atoms with Gasteiger partial charge in [0, 0.05) is 58.1 Å². The van der Waals surface area contributed by atoms with Crippen LogP contribution in [0.15, 0.2) is 66.9 Å². The lowest BCUT2D eigenvalue weighted by Crippen LogP contribution is -2.35. The van der Waals surface area contributed by atoms with Crippen LogP contribution in [0.25, 0.3) is 33.2 Å². The van der Waals surface area contributed by atoms with Gasteiger partial charge in [-0.25, -0.2) is 26.0 Å². The van der Waals surface area contributed by atoms with Crippen molar-refractivity contribution in [3.8, 4) is 22.3 Å². The molecular formula is C38H29Cl2F6N7O3S. The number of alkyl halides is 4. The van der Waals surface area contributed by atoms with Crippen LogP contribution in [-0.4, -0.2) is 45.1 Å². The summed E-state index contributed by atoms with van der Waals surface area (Å²) in [6, 6.07) is 13.2. The first-order chi connectivity index (χ1) is 26.9. The van der Waals surface area contributed by atoms with E-state index in [9.17, 15) is 30.8 Å². The molecule has 19 heteroatoms. The molecule has 0 spiro atoms. The van der Waals surface area contributed by atoms with Crippen LogP contribution in [0.1, 0.15) is 53.0 Å². The fraction of sp³-hybridized carbons (Fsp3) is 0.263. The molecule has 6 aromatic rings. The third-order valence-corrected chi connectivity index (χ3v) is 11.3. The smallest absolute Gasteiger partial charge is 0.293 e. The van der Waals surface area contributed by atoms with Gasteiger partial charge in [-0.15, -0.1) is 0 Å². The molecule has 3 aromatic carbocycles. The van der Waals surface area contributed by atoms with Gasteiger partial charge in [-0.3, -0.25) is 23.9 Å². The Bertz CT molecular complexity index is 2720. The molecule has 57 heavy (non-hydrogen) atoms. The number of fused-ring (bicyclic) bond motifs is 4. The summed E-state index contributed by atoms with van der Waals surface area (Å²) in [5, 5.41) is 11.6. The van der Waals surface area contributed by atoms with Gasteiger partial charge in [0.15, 0.2) is 5.82 Å². The maximum atomic E-state index is 15.4. The van der Waals surface area contributed by atoms with Crippen LogP contribution in [-0.2, 0) is 40.8 Å². The Balaban J connectivity index is 1.29. The molecule has 3 heterocycles. The lowest BCUT2D eigenvalue weighted by atomic mass is 9.92. The number of aromatic nitrogens is 5. The zero-order valence-electron chi connectivity index (χ0n) is 29.7. The number of anilines is 1. The molecule has 0 radical (unpaired) electrons. The molecule has 3 aromatic heterocycles. The maximum Gasteiger partial charge on any atom is 0.293 e. The fourth-order valence-electron chi connectivity index (χ4n) is 7.79. The number of nitrogens with one attached hydrogen (secondary N) is 2. The summed E-state index contributed by atoms with van der Waals surface area (Å²) in [5.74, 6) is -8.28. The van der Waals surface area contributed by atoms with Crippen molar-refractivity contribution in [2.75, 3.05) is 11.0 Å². The molecule has 1 unspecified atom stereocenters. The first kappa shape index (κ1) is 38.7. The summed E-state index contributed by atoms with van der Waals surface area (Å²) in [6.45, 7) is -0.890. The van der Waals surface area contributed by atoms with Crippen LogP contribution in [0.5, 0.6) is 0 Å². The number of hydrogen-bond acceptors (Lipinski definition) is 6. The first-order valence-electron chi connectivity index (χ1n) is 17.3. The minimum atomic E-state index is -3.83. The highest BCUT2D eigenvalue weighted by atomic mass is 35.5. The van der Waals surface area contributed by atoms with Crippen LogP contribution < -0.4 is 10.0 Å². The third-order valence-electron chi connectivity index (χ3n) is 10.1. The van der Waals surface area contributed by atoms with E-state index in [0.29, 0.717) is 43.5 Å². The van der Waals surface area contributed by atoms with E-state index >= 15 is 8.78 Å². The molecule has 1 amide bonds.